The third-order valence-electron chi connectivity index (χ3n) is 1.73. The molecule has 0 fully saturated rings. The summed E-state index contributed by atoms with van der Waals surface area (Å²) in [7, 11) is -1.17. The fourth-order valence-corrected chi connectivity index (χ4v) is 5.15. The summed E-state index contributed by atoms with van der Waals surface area (Å²) in [6.07, 6.45) is 1.98. The van der Waals surface area contributed by atoms with Gasteiger partial charge in [0.1, 0.15) is 0 Å². The minimum atomic E-state index is -1.17. The van der Waals surface area contributed by atoms with E-state index in [1.807, 2.05) is 6.08 Å². The first kappa shape index (κ1) is 11.1. The van der Waals surface area contributed by atoms with Gasteiger partial charge in [0, 0.05) is 0 Å². The van der Waals surface area contributed by atoms with Crippen molar-refractivity contribution in [3.63, 3.8) is 0 Å². The molecule has 0 nitrogen and oxygen atoms in total. The monoisotopic (exact) mass is 232 g/mol. The van der Waals surface area contributed by atoms with E-state index >= 15 is 0 Å². The second-order valence-corrected chi connectivity index (χ2v) is 9.26. The molecule has 0 saturated carbocycles. The van der Waals surface area contributed by atoms with Gasteiger partial charge in [-0.05, 0) is 0 Å². The van der Waals surface area contributed by atoms with Crippen molar-refractivity contribution in [3.05, 3.63) is 17.9 Å². The summed E-state index contributed by atoms with van der Waals surface area (Å²) in [5.41, 5.74) is 0. The summed E-state index contributed by atoms with van der Waals surface area (Å²) < 4.78 is 3.17. The Hall–Kier alpha value is 0.126. The molecule has 11 heavy (non-hydrogen) atoms. The molecule has 62 valence electrons. The van der Waals surface area contributed by atoms with Crippen LogP contribution in [0, 0.1) is 5.92 Å². The van der Waals surface area contributed by atoms with E-state index in [0.717, 1.165) is 0 Å². The maximum atomic E-state index is 3.79. The van der Waals surface area contributed by atoms with E-state index in [0.29, 0.717) is 5.92 Å². The van der Waals surface area contributed by atoms with E-state index in [1.54, 1.807) is 0 Å². The van der Waals surface area contributed by atoms with Gasteiger partial charge in [0.25, 0.3) is 0 Å². The molecule has 0 rings (SSSR count). The van der Waals surface area contributed by atoms with Crippen molar-refractivity contribution in [2.45, 2.75) is 26.6 Å². The van der Waals surface area contributed by atoms with Gasteiger partial charge in [-0.1, -0.05) is 0 Å². The Bertz CT molecular complexity index is 194. The van der Waals surface area contributed by atoms with Crippen LogP contribution in [0.4, 0.5) is 0 Å². The average Bonchev–Trinajstić information content (AvgIpc) is 1.86. The van der Waals surface area contributed by atoms with Crippen molar-refractivity contribution in [1.29, 1.82) is 0 Å². The Kier molecular flexibility index (Phi) is 4.28. The van der Waals surface area contributed by atoms with Crippen LogP contribution >= 0.6 is 0 Å². The number of allylic oxidation sites excluding steroid dienone is 2. The fraction of sp³-hybridized carbons (Fsp3) is 0.556. The number of hydrogen-bond acceptors (Lipinski definition) is 0. The molecular formula is C9H16SeSi. The summed E-state index contributed by atoms with van der Waals surface area (Å²) >= 11 is 2.86. The van der Waals surface area contributed by atoms with Gasteiger partial charge in [0.2, 0.25) is 0 Å². The van der Waals surface area contributed by atoms with Crippen LogP contribution in [-0.4, -0.2) is 28.2 Å². The first-order valence-electron chi connectivity index (χ1n) is 3.81. The Morgan fingerprint density at radius 1 is 1.55 bits per heavy atom. The van der Waals surface area contributed by atoms with Crippen LogP contribution in [0.15, 0.2) is 17.9 Å². The number of rotatable bonds is 3. The SMILES string of the molecule is C=CC(C)C(=C=[Se])[Si](C)(C)C. The van der Waals surface area contributed by atoms with Crippen LogP contribution in [0.5, 0.6) is 0 Å². The Morgan fingerprint density at radius 2 is 2.00 bits per heavy atom. The van der Waals surface area contributed by atoms with Gasteiger partial charge >= 0.3 is 78.6 Å². The maximum absolute atomic E-state index is 3.79. The first-order valence-corrected chi connectivity index (χ1v) is 8.17. The molecule has 0 amide bonds. The topological polar surface area (TPSA) is 0 Å². The van der Waals surface area contributed by atoms with Crippen molar-refractivity contribution >= 4 is 28.2 Å². The van der Waals surface area contributed by atoms with Gasteiger partial charge in [-0.25, -0.2) is 0 Å². The first-order chi connectivity index (χ1) is 4.93. The zero-order valence-corrected chi connectivity index (χ0v) is 10.5. The summed E-state index contributed by atoms with van der Waals surface area (Å²) in [5, 5.41) is 1.42. The standard InChI is InChI=1S/C9H16SeSi/c1-6-8(2)9(7-10)11(3,4)5/h6,8H,1H2,2-5H3. The summed E-state index contributed by atoms with van der Waals surface area (Å²) in [6.45, 7) is 12.9. The van der Waals surface area contributed by atoms with E-state index in [1.165, 1.54) is 5.20 Å². The second-order valence-electron chi connectivity index (χ2n) is 3.79. The summed E-state index contributed by atoms with van der Waals surface area (Å²) in [5.74, 6) is 0.475. The summed E-state index contributed by atoms with van der Waals surface area (Å²) in [4.78, 5) is 0. The molecular weight excluding hydrogens is 215 g/mol. The third kappa shape index (κ3) is 3.35. The van der Waals surface area contributed by atoms with Crippen molar-refractivity contribution < 1.29 is 0 Å². The summed E-state index contributed by atoms with van der Waals surface area (Å²) in [6, 6.07) is 0. The Morgan fingerprint density at radius 3 is 2.09 bits per heavy atom. The van der Waals surface area contributed by atoms with Gasteiger partial charge in [0.15, 0.2) is 0 Å². The minimum absolute atomic E-state index is 0.475. The van der Waals surface area contributed by atoms with E-state index in [9.17, 15) is 0 Å². The van der Waals surface area contributed by atoms with Crippen LogP contribution < -0.4 is 0 Å². The van der Waals surface area contributed by atoms with Gasteiger partial charge in [-0.2, -0.15) is 0 Å². The second kappa shape index (κ2) is 4.23. The zero-order chi connectivity index (χ0) is 9.07. The molecule has 0 N–H and O–H groups in total. The molecule has 0 heterocycles. The molecule has 0 radical (unpaired) electrons. The van der Waals surface area contributed by atoms with Crippen molar-refractivity contribution in [2.75, 3.05) is 0 Å². The van der Waals surface area contributed by atoms with Crippen LogP contribution in [0.2, 0.25) is 19.6 Å². The zero-order valence-electron chi connectivity index (χ0n) is 7.77. The molecule has 0 aromatic rings. The molecule has 1 atom stereocenters. The molecule has 0 aliphatic rings. The van der Waals surface area contributed by atoms with Gasteiger partial charge in [-0.3, -0.25) is 0 Å². The molecule has 0 saturated heterocycles. The van der Waals surface area contributed by atoms with E-state index in [4.69, 9.17) is 0 Å². The normalized spacial score (nSPS) is 13.5. The van der Waals surface area contributed by atoms with Crippen molar-refractivity contribution in [2.24, 2.45) is 5.92 Å². The van der Waals surface area contributed by atoms with Gasteiger partial charge < -0.3 is 0 Å². The number of hydrogen-bond donors (Lipinski definition) is 0. The van der Waals surface area contributed by atoms with E-state index in [-0.39, 0.29) is 0 Å². The Balaban J connectivity index is 4.71. The van der Waals surface area contributed by atoms with E-state index < -0.39 is 8.07 Å². The molecule has 0 spiro atoms. The molecule has 2 heteroatoms. The third-order valence-corrected chi connectivity index (χ3v) is 4.79. The Labute approximate surface area is 78.8 Å². The molecule has 0 aliphatic carbocycles. The molecule has 0 aliphatic heterocycles. The van der Waals surface area contributed by atoms with Gasteiger partial charge in [-0.15, -0.1) is 0 Å². The fourth-order valence-electron chi connectivity index (χ4n) is 1.05. The molecule has 0 bridgehead atoms. The van der Waals surface area contributed by atoms with E-state index in [2.05, 4.69) is 53.3 Å². The quantitative estimate of drug-likeness (QED) is 0.516. The average molecular weight is 231 g/mol. The van der Waals surface area contributed by atoms with Crippen LogP contribution in [0.25, 0.3) is 0 Å². The van der Waals surface area contributed by atoms with Crippen molar-refractivity contribution in [1.82, 2.24) is 0 Å². The molecule has 1 unspecified atom stereocenters. The molecule has 0 aromatic carbocycles. The van der Waals surface area contributed by atoms with Crippen LogP contribution in [0.1, 0.15) is 6.92 Å². The predicted molar refractivity (Wildman–Crippen MR) is 57.0 cm³/mol. The van der Waals surface area contributed by atoms with Crippen molar-refractivity contribution in [3.8, 4) is 0 Å². The van der Waals surface area contributed by atoms with Gasteiger partial charge in [0.05, 0.1) is 0 Å². The van der Waals surface area contributed by atoms with Crippen LogP contribution in [-0.2, 0) is 0 Å². The molecule has 0 aromatic heterocycles. The predicted octanol–water partition coefficient (Wildman–Crippen LogP) is 2.18. The van der Waals surface area contributed by atoms with Crippen LogP contribution in [0.3, 0.4) is 0 Å².